The zero-order valence-electron chi connectivity index (χ0n) is 21.9. The summed E-state index contributed by atoms with van der Waals surface area (Å²) in [6.07, 6.45) is 7.18. The molecule has 1 N–H and O–H groups in total. The van der Waals surface area contributed by atoms with Gasteiger partial charge in [-0.2, -0.15) is 15.3 Å². The third kappa shape index (κ3) is 3.24. The molecule has 5 heterocycles. The number of benzene rings is 1. The van der Waals surface area contributed by atoms with Gasteiger partial charge in [0.2, 0.25) is 5.91 Å². The van der Waals surface area contributed by atoms with Crippen molar-refractivity contribution in [3.63, 3.8) is 0 Å². The van der Waals surface area contributed by atoms with Gasteiger partial charge in [-0.25, -0.2) is 0 Å². The molecule has 1 spiro atoms. The van der Waals surface area contributed by atoms with Crippen LogP contribution in [-0.2, 0) is 11.3 Å². The van der Waals surface area contributed by atoms with Gasteiger partial charge in [0.1, 0.15) is 0 Å². The Morgan fingerprint density at radius 3 is 2.79 bits per heavy atom. The second-order valence-electron chi connectivity index (χ2n) is 11.3. The summed E-state index contributed by atoms with van der Waals surface area (Å²) in [5.74, 6) is 0.978. The van der Waals surface area contributed by atoms with E-state index >= 15 is 0 Å². The summed E-state index contributed by atoms with van der Waals surface area (Å²) in [7, 11) is 0. The normalized spacial score (nSPS) is 20.5. The van der Waals surface area contributed by atoms with Gasteiger partial charge in [-0.1, -0.05) is 18.2 Å². The molecule has 7 rings (SSSR count). The average Bonchev–Trinajstić information content (AvgIpc) is 3.58. The summed E-state index contributed by atoms with van der Waals surface area (Å²) in [6, 6.07) is 4.56. The number of nitrogens with zero attached hydrogens (tertiary/aromatic N) is 7. The third-order valence-electron chi connectivity index (χ3n) is 8.94. The third-order valence-corrected chi connectivity index (χ3v) is 9.42. The van der Waals surface area contributed by atoms with Crippen LogP contribution in [0.2, 0.25) is 5.02 Å². The Kier molecular flexibility index (Phi) is 5.08. The van der Waals surface area contributed by atoms with E-state index in [4.69, 9.17) is 16.7 Å². The summed E-state index contributed by atoms with van der Waals surface area (Å²) >= 11 is 7.06. The van der Waals surface area contributed by atoms with Gasteiger partial charge in [0.05, 0.1) is 41.1 Å². The number of aromatic amines is 1. The second kappa shape index (κ2) is 8.20. The first-order chi connectivity index (χ1) is 18.3. The number of fused-ring (bicyclic) bond motifs is 2. The highest BCUT2D eigenvalue weighted by Crippen LogP contribution is 2.55. The van der Waals surface area contributed by atoms with E-state index in [1.54, 1.807) is 0 Å². The van der Waals surface area contributed by atoms with Crippen LogP contribution in [0.4, 0.5) is 5.82 Å². The fourth-order valence-corrected chi connectivity index (χ4v) is 7.20. The van der Waals surface area contributed by atoms with Gasteiger partial charge in [0.25, 0.3) is 0 Å². The van der Waals surface area contributed by atoms with Gasteiger partial charge in [0.15, 0.2) is 5.82 Å². The largest absolute Gasteiger partial charge is 0.344 e. The Balaban J connectivity index is 1.32. The molecule has 1 unspecified atom stereocenters. The number of rotatable bonds is 4. The van der Waals surface area contributed by atoms with Crippen molar-refractivity contribution in [2.45, 2.75) is 52.2 Å². The first-order valence-corrected chi connectivity index (χ1v) is 13.6. The van der Waals surface area contributed by atoms with Crippen LogP contribution in [0.5, 0.6) is 0 Å². The topological polar surface area (TPSA) is 87.9 Å². The Bertz CT molecular complexity index is 1600. The van der Waals surface area contributed by atoms with E-state index in [2.05, 4.69) is 62.1 Å². The standard InChI is InChI=1S/C28H31ClN8O/c1-5-23(38)34-14-28(15-34)11-19(12-28)37-18(4)24(25-20-13-30-32-21(20)10-16(2)26(25)29)27(33-37)35-8-9-36-22(17(35)3)6-7-31-36/h5-7,10,13,17,19H,1,8-9,11-12,14-15H2,2-4H3,(H,30,32). The van der Waals surface area contributed by atoms with Gasteiger partial charge in [-0.05, 0) is 57.4 Å². The van der Waals surface area contributed by atoms with Crippen molar-refractivity contribution in [1.29, 1.82) is 0 Å². The molecule has 1 amide bonds. The van der Waals surface area contributed by atoms with Gasteiger partial charge >= 0.3 is 0 Å². The second-order valence-corrected chi connectivity index (χ2v) is 11.6. The molecule has 196 valence electrons. The maximum Gasteiger partial charge on any atom is 0.245 e. The molecule has 1 aromatic carbocycles. The molecule has 38 heavy (non-hydrogen) atoms. The number of carbonyl (C=O) groups is 1. The number of hydrogen-bond donors (Lipinski definition) is 1. The number of nitrogens with one attached hydrogen (secondary N) is 1. The quantitative estimate of drug-likeness (QED) is 0.382. The van der Waals surface area contributed by atoms with E-state index < -0.39 is 0 Å². The predicted molar refractivity (Wildman–Crippen MR) is 147 cm³/mol. The highest BCUT2D eigenvalue weighted by atomic mass is 35.5. The molecule has 1 atom stereocenters. The van der Waals surface area contributed by atoms with Crippen molar-refractivity contribution < 1.29 is 4.79 Å². The van der Waals surface area contributed by atoms with Crippen molar-refractivity contribution in [2.75, 3.05) is 24.5 Å². The zero-order valence-corrected chi connectivity index (χ0v) is 22.7. The molecule has 1 saturated carbocycles. The highest BCUT2D eigenvalue weighted by Gasteiger charge is 2.54. The van der Waals surface area contributed by atoms with Crippen LogP contribution in [0, 0.1) is 19.3 Å². The summed E-state index contributed by atoms with van der Waals surface area (Å²) in [6.45, 7) is 13.3. The van der Waals surface area contributed by atoms with Crippen LogP contribution < -0.4 is 4.90 Å². The van der Waals surface area contributed by atoms with Crippen LogP contribution in [-0.4, -0.2) is 60.2 Å². The lowest BCUT2D eigenvalue weighted by Crippen LogP contribution is -2.63. The molecule has 1 aliphatic carbocycles. The van der Waals surface area contributed by atoms with Crippen molar-refractivity contribution in [2.24, 2.45) is 5.41 Å². The number of aryl methyl sites for hydroxylation is 1. The Morgan fingerprint density at radius 2 is 2.03 bits per heavy atom. The first-order valence-electron chi connectivity index (χ1n) is 13.2. The fraction of sp³-hybridized carbons (Fsp3) is 0.429. The first kappa shape index (κ1) is 23.5. The molecule has 0 radical (unpaired) electrons. The Hall–Kier alpha value is -3.59. The minimum absolute atomic E-state index is 0.0236. The molecule has 1 saturated heterocycles. The maximum absolute atomic E-state index is 12.0. The van der Waals surface area contributed by atoms with Crippen LogP contribution in [0.3, 0.4) is 0 Å². The molecule has 10 heteroatoms. The van der Waals surface area contributed by atoms with E-state index in [-0.39, 0.29) is 23.4 Å². The van der Waals surface area contributed by atoms with Crippen LogP contribution in [0.25, 0.3) is 22.0 Å². The SMILES string of the molecule is C=CC(=O)N1CC2(CC(n3nc(N4CCn5nccc5C4C)c(-c4c(Cl)c(C)cc5[nH]ncc45)c3C)C2)C1. The highest BCUT2D eigenvalue weighted by molar-refractivity contribution is 6.36. The van der Waals surface area contributed by atoms with E-state index in [0.29, 0.717) is 0 Å². The monoisotopic (exact) mass is 530 g/mol. The van der Waals surface area contributed by atoms with E-state index in [1.807, 2.05) is 24.2 Å². The summed E-state index contributed by atoms with van der Waals surface area (Å²) in [5.41, 5.74) is 6.52. The maximum atomic E-state index is 12.0. The molecule has 0 bridgehead atoms. The van der Waals surface area contributed by atoms with Crippen molar-refractivity contribution in [3.8, 4) is 11.1 Å². The van der Waals surface area contributed by atoms with Crippen molar-refractivity contribution in [3.05, 3.63) is 59.2 Å². The minimum atomic E-state index is 0.0236. The van der Waals surface area contributed by atoms with Crippen LogP contribution in [0.15, 0.2) is 37.2 Å². The smallest absolute Gasteiger partial charge is 0.245 e. The number of aromatic nitrogens is 6. The molecule has 3 aromatic heterocycles. The lowest BCUT2D eigenvalue weighted by molar-refractivity contribution is -0.149. The van der Waals surface area contributed by atoms with E-state index in [1.165, 1.54) is 11.8 Å². The molecular formula is C28H31ClN8O. The average molecular weight is 531 g/mol. The Labute approximate surface area is 226 Å². The van der Waals surface area contributed by atoms with Gasteiger partial charge < -0.3 is 9.80 Å². The molecule has 9 nitrogen and oxygen atoms in total. The van der Waals surface area contributed by atoms with E-state index in [0.717, 1.165) is 83.1 Å². The molecule has 2 aliphatic heterocycles. The Morgan fingerprint density at radius 1 is 1.24 bits per heavy atom. The number of carbonyl (C=O) groups excluding carboxylic acids is 1. The zero-order chi connectivity index (χ0) is 26.3. The minimum Gasteiger partial charge on any atom is -0.344 e. The van der Waals surface area contributed by atoms with Gasteiger partial charge in [0, 0.05) is 53.5 Å². The number of H-pyrrole nitrogens is 1. The van der Waals surface area contributed by atoms with E-state index in [9.17, 15) is 4.79 Å². The van der Waals surface area contributed by atoms with Gasteiger partial charge in [-0.15, -0.1) is 0 Å². The lowest BCUT2D eigenvalue weighted by atomic mass is 9.60. The molecule has 2 fully saturated rings. The van der Waals surface area contributed by atoms with Crippen LogP contribution in [0.1, 0.15) is 48.8 Å². The van der Waals surface area contributed by atoms with Crippen LogP contribution >= 0.6 is 11.6 Å². The number of hydrogen-bond acceptors (Lipinski definition) is 5. The fourth-order valence-electron chi connectivity index (χ4n) is 6.95. The summed E-state index contributed by atoms with van der Waals surface area (Å²) in [4.78, 5) is 16.3. The predicted octanol–water partition coefficient (Wildman–Crippen LogP) is 4.82. The summed E-state index contributed by atoms with van der Waals surface area (Å²) < 4.78 is 4.30. The summed E-state index contributed by atoms with van der Waals surface area (Å²) in [5, 5.41) is 19.0. The lowest BCUT2D eigenvalue weighted by Gasteiger charge is -2.58. The number of amides is 1. The number of anilines is 1. The van der Waals surface area contributed by atoms with Crippen molar-refractivity contribution >= 4 is 34.2 Å². The number of halogens is 1. The van der Waals surface area contributed by atoms with Crippen molar-refractivity contribution in [1.82, 2.24) is 34.7 Å². The van der Waals surface area contributed by atoms with Gasteiger partial charge in [-0.3, -0.25) is 19.3 Å². The molecule has 4 aromatic rings. The molecule has 3 aliphatic rings. The molecular weight excluding hydrogens is 500 g/mol. The number of likely N-dealkylation sites (tertiary alicyclic amines) is 1.